The van der Waals surface area contributed by atoms with E-state index in [1.54, 1.807) is 72.8 Å². The van der Waals surface area contributed by atoms with Gasteiger partial charge in [0, 0.05) is 21.2 Å². The first kappa shape index (κ1) is 52.0. The van der Waals surface area contributed by atoms with Crippen molar-refractivity contribution < 1.29 is 58.3 Å². The first-order valence-electron chi connectivity index (χ1n) is 21.9. The molecular weight excluding hydrogens is 1070 g/mol. The monoisotopic (exact) mass is 1110 g/mol. The molecule has 0 aromatic heterocycles. The third-order valence-corrected chi connectivity index (χ3v) is 23.3. The Kier molecular flexibility index (Phi) is 15.3. The summed E-state index contributed by atoms with van der Waals surface area (Å²) in [6.07, 6.45) is -1.57. The second-order valence-electron chi connectivity index (χ2n) is 17.0. The number of phenols is 4. The average molecular weight is 1110 g/mol. The van der Waals surface area contributed by atoms with Gasteiger partial charge in [-0.1, -0.05) is 120 Å². The average Bonchev–Trinajstić information content (AvgIpc) is 3.35. The lowest BCUT2D eigenvalue weighted by Gasteiger charge is -2.21. The fourth-order valence-corrected chi connectivity index (χ4v) is 18.5. The lowest BCUT2D eigenvalue weighted by atomic mass is 10.2. The van der Waals surface area contributed by atoms with Gasteiger partial charge in [0.25, 0.3) is 0 Å². The van der Waals surface area contributed by atoms with Crippen molar-refractivity contribution in [3.05, 3.63) is 192 Å². The molecular formula is C52H44O12P4S4. The van der Waals surface area contributed by atoms with Crippen molar-refractivity contribution in [2.24, 2.45) is 0 Å². The number of phenolic OH excluding ortho intramolecular Hbond substituents is 4. The van der Waals surface area contributed by atoms with Gasteiger partial charge in [0.2, 0.25) is 29.5 Å². The molecule has 0 amide bonds. The molecule has 0 radical (unpaired) electrons. The van der Waals surface area contributed by atoms with Gasteiger partial charge in [-0.05, 0) is 119 Å². The number of rotatable bonds is 12. The Morgan fingerprint density at radius 3 is 0.583 bits per heavy atom. The van der Waals surface area contributed by atoms with E-state index in [2.05, 4.69) is 0 Å². The molecule has 9 rings (SSSR count). The zero-order valence-electron chi connectivity index (χ0n) is 37.6. The Balaban J connectivity index is 1.26. The van der Waals surface area contributed by atoms with E-state index in [0.29, 0.717) is 22.3 Å². The summed E-state index contributed by atoms with van der Waals surface area (Å²) in [5.74, 6) is -1.39. The molecule has 8 N–H and O–H groups in total. The molecule has 0 fully saturated rings. The zero-order chi connectivity index (χ0) is 51.0. The molecule has 368 valence electrons. The maximum Gasteiger partial charge on any atom is 0.233 e. The summed E-state index contributed by atoms with van der Waals surface area (Å²) in [6.45, 7) is 0. The highest BCUT2D eigenvalue weighted by Gasteiger charge is 2.30. The predicted molar refractivity (Wildman–Crippen MR) is 287 cm³/mol. The van der Waals surface area contributed by atoms with Crippen LogP contribution in [-0.2, 0) is 42.9 Å². The van der Waals surface area contributed by atoms with E-state index in [1.807, 2.05) is 0 Å². The van der Waals surface area contributed by atoms with Gasteiger partial charge in [0.15, 0.2) is 0 Å². The fourth-order valence-electron chi connectivity index (χ4n) is 8.01. The van der Waals surface area contributed by atoms with Gasteiger partial charge in [-0.3, -0.25) is 18.3 Å². The summed E-state index contributed by atoms with van der Waals surface area (Å²) in [5, 5.41) is 49.6. The van der Waals surface area contributed by atoms with Crippen LogP contribution < -0.4 is 21.2 Å². The van der Waals surface area contributed by atoms with E-state index >= 15 is 0 Å². The Labute approximate surface area is 432 Å². The third-order valence-electron chi connectivity index (χ3n) is 11.5. The smallest absolute Gasteiger partial charge is 0.233 e. The fraction of sp³-hybridized carbons (Fsp3) is 0.0769. The van der Waals surface area contributed by atoms with Crippen LogP contribution >= 0.6 is 76.5 Å². The Morgan fingerprint density at radius 1 is 0.278 bits per heavy atom. The largest absolute Gasteiger partial charge is 0.506 e. The van der Waals surface area contributed by atoms with Crippen molar-refractivity contribution in [2.75, 3.05) is 0 Å². The van der Waals surface area contributed by atoms with Gasteiger partial charge in [0.05, 0.1) is 63.8 Å². The molecule has 12 nitrogen and oxygen atoms in total. The van der Waals surface area contributed by atoms with Crippen LogP contribution in [0.15, 0.2) is 209 Å². The molecule has 1 aliphatic heterocycles. The molecule has 8 bridgehead atoms. The van der Waals surface area contributed by atoms with E-state index in [-0.39, 0.29) is 83.4 Å². The van der Waals surface area contributed by atoms with Gasteiger partial charge in [-0.25, -0.2) is 0 Å². The highest BCUT2D eigenvalue weighted by molar-refractivity contribution is 8.01. The van der Waals surface area contributed by atoms with Crippen LogP contribution in [0.25, 0.3) is 0 Å². The van der Waals surface area contributed by atoms with Crippen molar-refractivity contribution in [2.45, 2.75) is 63.8 Å². The minimum absolute atomic E-state index is 0.0923. The first-order valence-corrected chi connectivity index (χ1v) is 32.5. The Morgan fingerprint density at radius 2 is 0.431 bits per heavy atom. The van der Waals surface area contributed by atoms with Gasteiger partial charge in [-0.15, -0.1) is 0 Å². The molecule has 0 aliphatic carbocycles. The molecule has 0 saturated heterocycles. The molecule has 0 saturated carbocycles. The van der Waals surface area contributed by atoms with E-state index in [4.69, 9.17) is 0 Å². The van der Waals surface area contributed by atoms with Crippen LogP contribution in [0.4, 0.5) is 0 Å². The zero-order valence-corrected chi connectivity index (χ0v) is 44.5. The minimum atomic E-state index is -4.10. The van der Waals surface area contributed by atoms with E-state index in [9.17, 15) is 58.3 Å². The Hall–Kier alpha value is -4.88. The normalized spacial score (nSPS) is 15.8. The van der Waals surface area contributed by atoms with Crippen LogP contribution in [0.5, 0.6) is 23.0 Å². The van der Waals surface area contributed by atoms with Crippen molar-refractivity contribution in [3.8, 4) is 23.0 Å². The molecule has 20 heteroatoms. The lowest BCUT2D eigenvalue weighted by molar-refractivity contribution is 0.442. The van der Waals surface area contributed by atoms with Crippen molar-refractivity contribution in [1.82, 2.24) is 0 Å². The van der Waals surface area contributed by atoms with E-state index in [1.165, 1.54) is 97.1 Å². The highest BCUT2D eigenvalue weighted by Crippen LogP contribution is 2.57. The van der Waals surface area contributed by atoms with Crippen LogP contribution in [0, 0.1) is 0 Å². The van der Waals surface area contributed by atoms with Crippen LogP contribution in [0.1, 0.15) is 22.3 Å². The second-order valence-corrected chi connectivity index (χ2v) is 30.2. The standard InChI is InChI=1S/C52H44O12P4S4/c53-49-41-21-33(29-65(57,58)37-13-5-1-6-14-37)22-42(49)70-44-24-35(31-67(61,62)39-17-9-3-10-18-39)26-46(51(44)55)72-48-28-36(32-68(63,64)40-19-11-4-12-20-40)27-47(52(48)56)71-45-25-34(23-43(69-41)50(45)54)30-66(59,60)38-15-7-2-8-16-38/h1-28,53-56H,29-32H2,(H,57,58)(H,59,60)(H,61,62)(H,63,64). The van der Waals surface area contributed by atoms with Gasteiger partial charge in [0.1, 0.15) is 23.0 Å². The molecule has 1 aliphatic rings. The van der Waals surface area contributed by atoms with Crippen LogP contribution in [-0.4, -0.2) is 40.0 Å². The molecule has 4 unspecified atom stereocenters. The lowest BCUT2D eigenvalue weighted by Crippen LogP contribution is -2.06. The van der Waals surface area contributed by atoms with Crippen LogP contribution in [0.3, 0.4) is 0 Å². The summed E-state index contributed by atoms with van der Waals surface area (Å²) in [7, 11) is -16.4. The molecule has 8 aromatic rings. The number of fused-ring (bicyclic) bond motifs is 8. The minimum Gasteiger partial charge on any atom is -0.506 e. The highest BCUT2D eigenvalue weighted by atomic mass is 32.2. The molecule has 0 spiro atoms. The van der Waals surface area contributed by atoms with Gasteiger partial charge < -0.3 is 40.0 Å². The summed E-state index contributed by atoms with van der Waals surface area (Å²) < 4.78 is 56.1. The first-order chi connectivity index (χ1) is 34.2. The summed E-state index contributed by atoms with van der Waals surface area (Å²) in [4.78, 5) is 46.6. The number of aromatic hydroxyl groups is 4. The van der Waals surface area contributed by atoms with E-state index in [0.717, 1.165) is 47.0 Å². The SMILES string of the molecule is O=P(O)(Cc1cc2c(O)c(c1)Sc1cc(CP(=O)(O)c3ccccc3)cc(c1O)Sc1cc(CP(=O)(O)c3ccccc3)cc(c1O)Sc1cc(CP(=O)(O)c3ccccc3)cc(c1O)S2)c1ccccc1. The molecule has 72 heavy (non-hydrogen) atoms. The molecule has 8 aromatic carbocycles. The third kappa shape index (κ3) is 11.7. The summed E-state index contributed by atoms with van der Waals surface area (Å²) >= 11 is 3.46. The Bertz CT molecular complexity index is 2990. The maximum atomic E-state index is 14.0. The van der Waals surface area contributed by atoms with E-state index < -0.39 is 54.1 Å². The predicted octanol–water partition coefficient (Wildman–Crippen LogP) is 11.8. The second kappa shape index (κ2) is 21.2. The number of hydrogen-bond donors (Lipinski definition) is 8. The summed E-state index contributed by atoms with van der Waals surface area (Å²) in [5.41, 5.74) is 1.17. The van der Waals surface area contributed by atoms with Crippen LogP contribution in [0.2, 0.25) is 0 Å². The maximum absolute atomic E-state index is 14.0. The summed E-state index contributed by atoms with van der Waals surface area (Å²) in [6, 6.07) is 44.3. The number of benzene rings is 8. The van der Waals surface area contributed by atoms with Gasteiger partial charge in [-0.2, -0.15) is 0 Å². The van der Waals surface area contributed by atoms with Crippen molar-refractivity contribution in [1.29, 1.82) is 0 Å². The van der Waals surface area contributed by atoms with Crippen molar-refractivity contribution in [3.63, 3.8) is 0 Å². The molecule has 4 atom stereocenters. The van der Waals surface area contributed by atoms with Gasteiger partial charge >= 0.3 is 0 Å². The number of hydrogen-bond acceptors (Lipinski definition) is 12. The molecule has 1 heterocycles. The quantitative estimate of drug-likeness (QED) is 0.0532. The topological polar surface area (TPSA) is 230 Å². The van der Waals surface area contributed by atoms with Crippen molar-refractivity contribution >= 4 is 97.7 Å².